The van der Waals surface area contributed by atoms with Gasteiger partial charge in [0.25, 0.3) is 0 Å². The Labute approximate surface area is 220 Å². The van der Waals surface area contributed by atoms with Crippen LogP contribution >= 0.6 is 35.0 Å². The van der Waals surface area contributed by atoms with E-state index >= 15 is 0 Å². The second-order valence-electron chi connectivity index (χ2n) is 9.03. The van der Waals surface area contributed by atoms with Crippen molar-refractivity contribution in [1.82, 2.24) is 4.57 Å². The minimum absolute atomic E-state index is 0.0719. The molecule has 3 aromatic rings. The van der Waals surface area contributed by atoms with Gasteiger partial charge in [0, 0.05) is 40.8 Å². The lowest BCUT2D eigenvalue weighted by molar-refractivity contribution is -0.137. The minimum atomic E-state index is -0.924. The maximum atomic E-state index is 13.3. The van der Waals surface area contributed by atoms with Crippen LogP contribution in [0.15, 0.2) is 47.5 Å². The molecule has 0 radical (unpaired) electrons. The summed E-state index contributed by atoms with van der Waals surface area (Å²) in [5, 5.41) is 22.5. The number of halogens is 2. The van der Waals surface area contributed by atoms with E-state index in [0.717, 1.165) is 41.6 Å². The number of carbonyl (C=O) groups excluding carboxylic acids is 1. The normalized spacial score (nSPS) is 13.2. The molecule has 3 rings (SSSR count). The van der Waals surface area contributed by atoms with E-state index in [1.165, 1.54) is 17.3 Å². The average molecular weight is 537 g/mol. The van der Waals surface area contributed by atoms with Gasteiger partial charge in [0.1, 0.15) is 5.44 Å². The molecule has 8 heteroatoms. The molecule has 0 fully saturated rings. The Bertz CT molecular complexity index is 1190. The van der Waals surface area contributed by atoms with Gasteiger partial charge in [0.05, 0.1) is 10.6 Å². The first kappa shape index (κ1) is 27.6. The second-order valence-corrected chi connectivity index (χ2v) is 11.1. The molecule has 2 atom stereocenters. The molecule has 2 aromatic carbocycles. The number of aromatic nitrogens is 1. The van der Waals surface area contributed by atoms with E-state index in [1.54, 1.807) is 19.1 Å². The first-order valence-corrected chi connectivity index (χ1v) is 13.4. The third-order valence-corrected chi connectivity index (χ3v) is 7.68. The van der Waals surface area contributed by atoms with Crippen molar-refractivity contribution < 1.29 is 19.8 Å². The summed E-state index contributed by atoms with van der Waals surface area (Å²) in [5.41, 5.74) is 1.90. The van der Waals surface area contributed by atoms with Gasteiger partial charge in [0.15, 0.2) is 5.78 Å². The fourth-order valence-electron chi connectivity index (χ4n) is 4.29. The third-order valence-electron chi connectivity index (χ3n) is 6.00. The molecular formula is C27H31Cl2NO4S. The lowest BCUT2D eigenvalue weighted by Gasteiger charge is -2.14. The summed E-state index contributed by atoms with van der Waals surface area (Å²) in [6.07, 6.45) is 4.45. The summed E-state index contributed by atoms with van der Waals surface area (Å²) in [6, 6.07) is 13.3. The molecule has 1 aromatic heterocycles. The summed E-state index contributed by atoms with van der Waals surface area (Å²) in [5.74, 6) is -1.36. The van der Waals surface area contributed by atoms with E-state index in [1.807, 2.05) is 35.9 Å². The number of Topliss-reactive ketones (excluding diaryl/α,β-unsaturated/α-hetero) is 1. The van der Waals surface area contributed by atoms with Crippen molar-refractivity contribution in [2.24, 2.45) is 13.0 Å². The molecule has 1 heterocycles. The molecule has 0 aliphatic rings. The van der Waals surface area contributed by atoms with E-state index in [4.69, 9.17) is 28.3 Å². The van der Waals surface area contributed by atoms with Crippen LogP contribution in [0.3, 0.4) is 0 Å². The smallest absolute Gasteiger partial charge is 0.303 e. The molecule has 5 nitrogen and oxygen atoms in total. The highest BCUT2D eigenvalue weighted by atomic mass is 35.5. The van der Waals surface area contributed by atoms with Crippen LogP contribution in [0.4, 0.5) is 0 Å². The fraction of sp³-hybridized carbons (Fsp3) is 0.407. The standard InChI is InChI=1S/C27H31Cl2NO4S/c1-17(14-24(32)33)13-23(31)26-21-16-20(29)11-12-22(21)30(2)27(26)35-25(34)10-5-3-4-7-18-8-6-9-19(28)15-18/h6,8-9,11-12,15-17,25,34H,3-5,7,10,13-14H2,1-2H3,(H,32,33)/t17-,25+/m0/s1. The number of aryl methyl sites for hydroxylation is 2. The predicted molar refractivity (Wildman–Crippen MR) is 144 cm³/mol. The molecule has 35 heavy (non-hydrogen) atoms. The van der Waals surface area contributed by atoms with Crippen LogP contribution in [0.5, 0.6) is 0 Å². The molecule has 0 bridgehead atoms. The van der Waals surface area contributed by atoms with Crippen LogP contribution in [0.2, 0.25) is 10.0 Å². The molecule has 0 saturated carbocycles. The van der Waals surface area contributed by atoms with Gasteiger partial charge >= 0.3 is 5.97 Å². The number of aliphatic carboxylic acids is 1. The summed E-state index contributed by atoms with van der Waals surface area (Å²) in [7, 11) is 1.87. The van der Waals surface area contributed by atoms with Crippen molar-refractivity contribution >= 4 is 57.6 Å². The number of aliphatic hydroxyl groups excluding tert-OH is 1. The number of fused-ring (bicyclic) bond motifs is 1. The number of nitrogens with zero attached hydrogens (tertiary/aromatic N) is 1. The van der Waals surface area contributed by atoms with Crippen molar-refractivity contribution in [2.45, 2.75) is 62.3 Å². The van der Waals surface area contributed by atoms with Crippen LogP contribution in [0, 0.1) is 5.92 Å². The molecule has 0 unspecified atom stereocenters. The fourth-order valence-corrected chi connectivity index (χ4v) is 5.82. The van der Waals surface area contributed by atoms with Crippen molar-refractivity contribution in [3.63, 3.8) is 0 Å². The van der Waals surface area contributed by atoms with E-state index in [2.05, 4.69) is 6.07 Å². The minimum Gasteiger partial charge on any atom is -0.481 e. The number of unbranched alkanes of at least 4 members (excludes halogenated alkanes) is 2. The molecule has 188 valence electrons. The Hall–Kier alpha value is -1.99. The second kappa shape index (κ2) is 12.8. The van der Waals surface area contributed by atoms with Gasteiger partial charge in [0.2, 0.25) is 0 Å². The van der Waals surface area contributed by atoms with Gasteiger partial charge in [-0.2, -0.15) is 0 Å². The number of carbonyl (C=O) groups is 2. The molecule has 0 spiro atoms. The van der Waals surface area contributed by atoms with Crippen LogP contribution in [-0.4, -0.2) is 32.0 Å². The number of carboxylic acids is 1. The average Bonchev–Trinajstić information content (AvgIpc) is 3.03. The molecule has 0 amide bonds. The van der Waals surface area contributed by atoms with Gasteiger partial charge in [-0.15, -0.1) is 0 Å². The van der Waals surface area contributed by atoms with E-state index in [0.29, 0.717) is 22.0 Å². The lowest BCUT2D eigenvalue weighted by atomic mass is 9.97. The van der Waals surface area contributed by atoms with Crippen LogP contribution in [-0.2, 0) is 18.3 Å². The Morgan fingerprint density at radius 3 is 2.49 bits per heavy atom. The highest BCUT2D eigenvalue weighted by Gasteiger charge is 2.25. The number of benzene rings is 2. The van der Waals surface area contributed by atoms with Crippen LogP contribution < -0.4 is 0 Å². The van der Waals surface area contributed by atoms with E-state index in [-0.39, 0.29) is 24.5 Å². The van der Waals surface area contributed by atoms with Gasteiger partial charge in [-0.3, -0.25) is 9.59 Å². The SMILES string of the molecule is C[C@H](CC(=O)O)CC(=O)c1c(S[C@@H](O)CCCCCc2cccc(Cl)c2)n(C)c2ccc(Cl)cc12. The third kappa shape index (κ3) is 7.74. The molecule has 0 saturated heterocycles. The quantitative estimate of drug-likeness (QED) is 0.103. The Kier molecular flexibility index (Phi) is 10.1. The summed E-state index contributed by atoms with van der Waals surface area (Å²) in [6.45, 7) is 1.76. The highest BCUT2D eigenvalue weighted by molar-refractivity contribution is 7.99. The number of hydrogen-bond donors (Lipinski definition) is 2. The summed E-state index contributed by atoms with van der Waals surface area (Å²) >= 11 is 13.5. The van der Waals surface area contributed by atoms with Crippen molar-refractivity contribution in [3.05, 3.63) is 63.6 Å². The topological polar surface area (TPSA) is 79.5 Å². The number of hydrogen-bond acceptors (Lipinski definition) is 4. The highest BCUT2D eigenvalue weighted by Crippen LogP contribution is 2.37. The van der Waals surface area contributed by atoms with Crippen molar-refractivity contribution in [1.29, 1.82) is 0 Å². The summed E-state index contributed by atoms with van der Waals surface area (Å²) < 4.78 is 1.91. The van der Waals surface area contributed by atoms with Gasteiger partial charge < -0.3 is 14.8 Å². The van der Waals surface area contributed by atoms with Crippen molar-refractivity contribution in [2.75, 3.05) is 0 Å². The monoisotopic (exact) mass is 535 g/mol. The van der Waals surface area contributed by atoms with Crippen LogP contribution in [0.1, 0.15) is 61.4 Å². The van der Waals surface area contributed by atoms with Crippen LogP contribution in [0.25, 0.3) is 10.9 Å². The van der Waals surface area contributed by atoms with E-state index < -0.39 is 11.4 Å². The summed E-state index contributed by atoms with van der Waals surface area (Å²) in [4.78, 5) is 24.3. The zero-order chi connectivity index (χ0) is 25.5. The number of ketones is 1. The molecular weight excluding hydrogens is 505 g/mol. The Balaban J connectivity index is 1.67. The number of rotatable bonds is 13. The molecule has 2 N–H and O–H groups in total. The predicted octanol–water partition coefficient (Wildman–Crippen LogP) is 7.38. The zero-order valence-corrected chi connectivity index (χ0v) is 22.3. The Morgan fingerprint density at radius 2 is 1.77 bits per heavy atom. The van der Waals surface area contributed by atoms with E-state index in [9.17, 15) is 14.7 Å². The number of carboxylic acid groups (broad SMARTS) is 1. The maximum Gasteiger partial charge on any atom is 0.303 e. The number of thioether (sulfide) groups is 1. The first-order chi connectivity index (χ1) is 16.7. The lowest BCUT2D eigenvalue weighted by Crippen LogP contribution is -2.12. The zero-order valence-electron chi connectivity index (χ0n) is 20.0. The first-order valence-electron chi connectivity index (χ1n) is 11.8. The Morgan fingerprint density at radius 1 is 1.03 bits per heavy atom. The maximum absolute atomic E-state index is 13.3. The number of aliphatic hydroxyl groups is 1. The molecule has 0 aliphatic heterocycles. The van der Waals surface area contributed by atoms with Gasteiger partial charge in [-0.25, -0.2) is 0 Å². The largest absolute Gasteiger partial charge is 0.481 e. The van der Waals surface area contributed by atoms with Gasteiger partial charge in [-0.1, -0.05) is 60.4 Å². The van der Waals surface area contributed by atoms with Crippen molar-refractivity contribution in [3.8, 4) is 0 Å². The van der Waals surface area contributed by atoms with Gasteiger partial charge in [-0.05, 0) is 67.5 Å². The molecule has 0 aliphatic carbocycles.